The van der Waals surface area contributed by atoms with E-state index in [0.717, 1.165) is 12.1 Å². The Labute approximate surface area is 85.1 Å². The van der Waals surface area contributed by atoms with E-state index < -0.39 is 23.5 Å². The number of rotatable bonds is 3. The molecule has 0 saturated carbocycles. The van der Waals surface area contributed by atoms with Gasteiger partial charge in [-0.15, -0.1) is 11.6 Å². The van der Waals surface area contributed by atoms with Crippen molar-refractivity contribution in [2.75, 3.05) is 13.0 Å². The van der Waals surface area contributed by atoms with E-state index >= 15 is 0 Å². The summed E-state index contributed by atoms with van der Waals surface area (Å²) in [6.07, 6.45) is -1.08. The second-order valence-electron chi connectivity index (χ2n) is 2.69. The molecule has 0 saturated heterocycles. The molecule has 0 bridgehead atoms. The number of halogens is 3. The molecule has 1 rings (SSSR count). The highest BCUT2D eigenvalue weighted by molar-refractivity contribution is 6.18. The van der Waals surface area contributed by atoms with Gasteiger partial charge in [-0.05, 0) is 17.7 Å². The van der Waals surface area contributed by atoms with Crippen LogP contribution in [0.25, 0.3) is 0 Å². The Kier molecular flexibility index (Phi) is 3.66. The van der Waals surface area contributed by atoms with Crippen molar-refractivity contribution in [1.29, 1.82) is 0 Å². The maximum atomic E-state index is 13.1. The van der Waals surface area contributed by atoms with Crippen LogP contribution in [0.3, 0.4) is 0 Å². The van der Waals surface area contributed by atoms with Crippen LogP contribution in [0.1, 0.15) is 11.7 Å². The average molecular weight is 223 g/mol. The van der Waals surface area contributed by atoms with E-state index in [9.17, 15) is 13.9 Å². The van der Waals surface area contributed by atoms with Crippen LogP contribution in [0.5, 0.6) is 5.75 Å². The van der Waals surface area contributed by atoms with Crippen molar-refractivity contribution in [3.63, 3.8) is 0 Å². The molecule has 78 valence electrons. The zero-order valence-electron chi connectivity index (χ0n) is 7.43. The molecule has 5 heteroatoms. The molecule has 0 heterocycles. The van der Waals surface area contributed by atoms with Crippen molar-refractivity contribution in [2.45, 2.75) is 6.10 Å². The van der Waals surface area contributed by atoms with Crippen LogP contribution in [0.4, 0.5) is 8.78 Å². The van der Waals surface area contributed by atoms with Crippen LogP contribution < -0.4 is 4.74 Å². The number of benzene rings is 1. The molecule has 0 spiro atoms. The molecular formula is C9H9ClF2O2. The van der Waals surface area contributed by atoms with Crippen molar-refractivity contribution >= 4 is 11.6 Å². The number of aliphatic hydroxyl groups excluding tert-OH is 1. The summed E-state index contributed by atoms with van der Waals surface area (Å²) in [5.41, 5.74) is 0.0933. The highest BCUT2D eigenvalue weighted by atomic mass is 35.5. The Hall–Kier alpha value is -0.870. The molecule has 0 aliphatic rings. The van der Waals surface area contributed by atoms with Crippen LogP contribution in [-0.4, -0.2) is 18.1 Å². The minimum absolute atomic E-state index is 0.0933. The molecule has 1 N–H and O–H groups in total. The van der Waals surface area contributed by atoms with Gasteiger partial charge in [0, 0.05) is 0 Å². The lowest BCUT2D eigenvalue weighted by Crippen LogP contribution is -2.02. The van der Waals surface area contributed by atoms with E-state index in [1.807, 2.05) is 0 Å². The normalized spacial score (nSPS) is 12.6. The third kappa shape index (κ3) is 2.13. The van der Waals surface area contributed by atoms with Crippen molar-refractivity contribution in [3.05, 3.63) is 29.3 Å². The lowest BCUT2D eigenvalue weighted by molar-refractivity contribution is 0.201. The minimum atomic E-state index is -1.08. The van der Waals surface area contributed by atoms with Crippen molar-refractivity contribution in [3.8, 4) is 5.75 Å². The maximum absolute atomic E-state index is 13.1. The first-order chi connectivity index (χ1) is 6.60. The molecule has 0 aliphatic heterocycles. The van der Waals surface area contributed by atoms with Gasteiger partial charge in [0.2, 0.25) is 0 Å². The summed E-state index contributed by atoms with van der Waals surface area (Å²) in [5.74, 6) is -2.29. The zero-order valence-corrected chi connectivity index (χ0v) is 8.18. The van der Waals surface area contributed by atoms with Gasteiger partial charge >= 0.3 is 0 Å². The summed E-state index contributed by atoms with van der Waals surface area (Å²) in [6, 6.07) is 1.99. The fourth-order valence-corrected chi connectivity index (χ4v) is 1.23. The molecule has 1 aromatic carbocycles. The number of methoxy groups -OCH3 is 1. The van der Waals surface area contributed by atoms with Crippen LogP contribution in [-0.2, 0) is 0 Å². The van der Waals surface area contributed by atoms with Crippen molar-refractivity contribution < 1.29 is 18.6 Å². The predicted molar refractivity (Wildman–Crippen MR) is 48.6 cm³/mol. The van der Waals surface area contributed by atoms with Gasteiger partial charge in [0.25, 0.3) is 0 Å². The first-order valence-corrected chi connectivity index (χ1v) is 4.40. The molecule has 0 radical (unpaired) electrons. The molecule has 0 aliphatic carbocycles. The highest BCUT2D eigenvalue weighted by Gasteiger charge is 2.15. The molecule has 0 unspecified atom stereocenters. The molecular weight excluding hydrogens is 214 g/mol. The first kappa shape index (κ1) is 11.2. The Balaban J connectivity index is 3.13. The van der Waals surface area contributed by atoms with E-state index in [1.165, 1.54) is 7.11 Å². The molecule has 0 amide bonds. The standard InChI is InChI=1S/C9H9ClF2O2/c1-14-9-6(11)2-5(3-7(9)12)8(13)4-10/h2-3,8,13H,4H2,1H3/t8-/m1/s1. The Morgan fingerprint density at radius 1 is 1.43 bits per heavy atom. The van der Waals surface area contributed by atoms with E-state index in [2.05, 4.69) is 4.74 Å². The van der Waals surface area contributed by atoms with E-state index in [-0.39, 0.29) is 11.4 Å². The molecule has 14 heavy (non-hydrogen) atoms. The third-order valence-electron chi connectivity index (χ3n) is 1.76. The first-order valence-electron chi connectivity index (χ1n) is 3.87. The van der Waals surface area contributed by atoms with Gasteiger partial charge in [-0.3, -0.25) is 0 Å². The fourth-order valence-electron chi connectivity index (χ4n) is 1.06. The van der Waals surface area contributed by atoms with E-state index in [0.29, 0.717) is 0 Å². The molecule has 2 nitrogen and oxygen atoms in total. The average Bonchev–Trinajstić information content (AvgIpc) is 2.16. The van der Waals surface area contributed by atoms with Crippen LogP contribution in [0.15, 0.2) is 12.1 Å². The summed E-state index contributed by atoms with van der Waals surface area (Å²) >= 11 is 5.34. The van der Waals surface area contributed by atoms with Gasteiger partial charge in [-0.1, -0.05) is 0 Å². The van der Waals surface area contributed by atoms with E-state index in [4.69, 9.17) is 11.6 Å². The Morgan fingerprint density at radius 2 is 1.93 bits per heavy atom. The maximum Gasteiger partial charge on any atom is 0.190 e. The summed E-state index contributed by atoms with van der Waals surface area (Å²) in [7, 11) is 1.17. The predicted octanol–water partition coefficient (Wildman–Crippen LogP) is 2.25. The minimum Gasteiger partial charge on any atom is -0.491 e. The zero-order chi connectivity index (χ0) is 10.7. The number of aliphatic hydroxyl groups is 1. The lowest BCUT2D eigenvalue weighted by atomic mass is 10.1. The summed E-state index contributed by atoms with van der Waals surface area (Å²) < 4.78 is 30.7. The smallest absolute Gasteiger partial charge is 0.190 e. The van der Waals surface area contributed by atoms with E-state index in [1.54, 1.807) is 0 Å². The Bertz CT molecular complexity index is 308. The van der Waals surface area contributed by atoms with Crippen LogP contribution >= 0.6 is 11.6 Å². The van der Waals surface area contributed by atoms with Gasteiger partial charge in [0.05, 0.1) is 19.1 Å². The molecule has 0 aromatic heterocycles. The van der Waals surface area contributed by atoms with Crippen LogP contribution in [0, 0.1) is 11.6 Å². The topological polar surface area (TPSA) is 29.5 Å². The van der Waals surface area contributed by atoms with Gasteiger partial charge in [-0.25, -0.2) is 8.78 Å². The molecule has 1 aromatic rings. The van der Waals surface area contributed by atoms with Crippen molar-refractivity contribution in [1.82, 2.24) is 0 Å². The number of alkyl halides is 1. The second kappa shape index (κ2) is 4.57. The fraction of sp³-hybridized carbons (Fsp3) is 0.333. The SMILES string of the molecule is COc1c(F)cc([C@H](O)CCl)cc1F. The summed E-state index contributed by atoms with van der Waals surface area (Å²) in [6.45, 7) is 0. The van der Waals surface area contributed by atoms with Gasteiger partial charge in [-0.2, -0.15) is 0 Å². The number of ether oxygens (including phenoxy) is 1. The Morgan fingerprint density at radius 3 is 2.29 bits per heavy atom. The second-order valence-corrected chi connectivity index (χ2v) is 3.00. The number of hydrogen-bond acceptors (Lipinski definition) is 2. The third-order valence-corrected chi connectivity index (χ3v) is 2.05. The van der Waals surface area contributed by atoms with Crippen molar-refractivity contribution in [2.24, 2.45) is 0 Å². The van der Waals surface area contributed by atoms with Gasteiger partial charge < -0.3 is 9.84 Å². The van der Waals surface area contributed by atoms with Gasteiger partial charge in [0.1, 0.15) is 0 Å². The molecule has 0 fully saturated rings. The molecule has 1 atom stereocenters. The highest BCUT2D eigenvalue weighted by Crippen LogP contribution is 2.26. The monoisotopic (exact) mass is 222 g/mol. The lowest BCUT2D eigenvalue weighted by Gasteiger charge is -2.09. The summed E-state index contributed by atoms with van der Waals surface area (Å²) in [4.78, 5) is 0. The summed E-state index contributed by atoms with van der Waals surface area (Å²) in [5, 5.41) is 9.24. The largest absolute Gasteiger partial charge is 0.491 e. The number of hydrogen-bond donors (Lipinski definition) is 1. The van der Waals surface area contributed by atoms with Crippen LogP contribution in [0.2, 0.25) is 0 Å². The van der Waals surface area contributed by atoms with Gasteiger partial charge in [0.15, 0.2) is 17.4 Å². The quantitative estimate of drug-likeness (QED) is 0.795.